The van der Waals surface area contributed by atoms with E-state index in [2.05, 4.69) is 9.55 Å². The lowest BCUT2D eigenvalue weighted by atomic mass is 9.96. The molecule has 1 fully saturated rings. The van der Waals surface area contributed by atoms with Crippen LogP contribution in [0.2, 0.25) is 0 Å². The van der Waals surface area contributed by atoms with Gasteiger partial charge in [-0.3, -0.25) is 4.79 Å². The van der Waals surface area contributed by atoms with Crippen LogP contribution in [0.1, 0.15) is 23.2 Å². The third-order valence-corrected chi connectivity index (χ3v) is 5.36. The minimum absolute atomic E-state index is 0.104. The number of carbonyl (C=O) groups is 1. The predicted octanol–water partition coefficient (Wildman–Crippen LogP) is 4.11. The van der Waals surface area contributed by atoms with Gasteiger partial charge in [-0.25, -0.2) is 4.98 Å². The fraction of sp³-hybridized carbons (Fsp3) is 0.304. The molecule has 1 aliphatic heterocycles. The number of nitrogens with zero attached hydrogens (tertiary/aromatic N) is 3. The largest absolute Gasteiger partial charge is 0.496 e. The van der Waals surface area contributed by atoms with E-state index in [-0.39, 0.29) is 5.91 Å². The van der Waals surface area contributed by atoms with Crippen molar-refractivity contribution >= 4 is 5.91 Å². The standard InChI is InChI=1S/C23H25N3O2/c1-28-22-10-3-2-9-21(22)19-7-4-8-20(14-19)23(27)26-12-5-6-18(16-26)15-25-13-11-24-17-25/h2-4,7-11,13-14,17-18H,5-6,12,15-16H2,1H3/t18-/m0/s1. The summed E-state index contributed by atoms with van der Waals surface area (Å²) in [4.78, 5) is 19.3. The molecule has 1 atom stereocenters. The zero-order valence-corrected chi connectivity index (χ0v) is 16.1. The Balaban J connectivity index is 1.51. The third-order valence-electron chi connectivity index (χ3n) is 5.36. The van der Waals surface area contributed by atoms with E-state index in [1.807, 2.05) is 66.0 Å². The van der Waals surface area contributed by atoms with Crippen LogP contribution in [0, 0.1) is 5.92 Å². The lowest BCUT2D eigenvalue weighted by Crippen LogP contribution is -2.41. The fourth-order valence-electron chi connectivity index (χ4n) is 3.98. The average Bonchev–Trinajstić information content (AvgIpc) is 3.26. The van der Waals surface area contributed by atoms with E-state index in [9.17, 15) is 4.79 Å². The summed E-state index contributed by atoms with van der Waals surface area (Å²) in [6.07, 6.45) is 7.81. The summed E-state index contributed by atoms with van der Waals surface area (Å²) < 4.78 is 7.58. The summed E-state index contributed by atoms with van der Waals surface area (Å²) in [5.41, 5.74) is 2.72. The van der Waals surface area contributed by atoms with Gasteiger partial charge in [0.2, 0.25) is 0 Å². The van der Waals surface area contributed by atoms with Gasteiger partial charge in [0.1, 0.15) is 5.75 Å². The fourth-order valence-corrected chi connectivity index (χ4v) is 3.98. The van der Waals surface area contributed by atoms with Gasteiger partial charge in [-0.05, 0) is 42.5 Å². The third kappa shape index (κ3) is 3.93. The first kappa shape index (κ1) is 18.3. The smallest absolute Gasteiger partial charge is 0.253 e. The first-order valence-electron chi connectivity index (χ1n) is 9.73. The highest BCUT2D eigenvalue weighted by atomic mass is 16.5. The van der Waals surface area contributed by atoms with Crippen molar-refractivity contribution in [2.75, 3.05) is 20.2 Å². The Labute approximate surface area is 165 Å². The van der Waals surface area contributed by atoms with Crippen molar-refractivity contribution in [3.8, 4) is 16.9 Å². The molecule has 1 aromatic heterocycles. The second-order valence-electron chi connectivity index (χ2n) is 7.30. The molecule has 2 aromatic carbocycles. The Bertz CT molecular complexity index is 937. The number of likely N-dealkylation sites (tertiary alicyclic amines) is 1. The highest BCUT2D eigenvalue weighted by Gasteiger charge is 2.25. The van der Waals surface area contributed by atoms with Crippen LogP contribution < -0.4 is 4.74 Å². The van der Waals surface area contributed by atoms with Gasteiger partial charge in [-0.15, -0.1) is 0 Å². The molecule has 28 heavy (non-hydrogen) atoms. The molecule has 5 nitrogen and oxygen atoms in total. The van der Waals surface area contributed by atoms with Crippen LogP contribution in [0.3, 0.4) is 0 Å². The molecular weight excluding hydrogens is 350 g/mol. The number of hydrogen-bond acceptors (Lipinski definition) is 3. The maximum absolute atomic E-state index is 13.2. The van der Waals surface area contributed by atoms with Gasteiger partial charge in [-0.2, -0.15) is 0 Å². The van der Waals surface area contributed by atoms with E-state index >= 15 is 0 Å². The summed E-state index contributed by atoms with van der Waals surface area (Å²) >= 11 is 0. The maximum Gasteiger partial charge on any atom is 0.253 e. The van der Waals surface area contributed by atoms with E-state index < -0.39 is 0 Å². The highest BCUT2D eigenvalue weighted by Crippen LogP contribution is 2.30. The minimum atomic E-state index is 0.104. The molecule has 5 heteroatoms. The van der Waals surface area contributed by atoms with E-state index in [0.717, 1.165) is 54.9 Å². The molecule has 1 aliphatic rings. The molecule has 144 valence electrons. The average molecular weight is 375 g/mol. The zero-order valence-electron chi connectivity index (χ0n) is 16.1. The van der Waals surface area contributed by atoms with Crippen LogP contribution in [0.15, 0.2) is 67.3 Å². The Morgan fingerprint density at radius 2 is 2.11 bits per heavy atom. The summed E-state index contributed by atoms with van der Waals surface area (Å²) in [6, 6.07) is 15.7. The van der Waals surface area contributed by atoms with Crippen LogP contribution in [-0.4, -0.2) is 40.6 Å². The monoisotopic (exact) mass is 375 g/mol. The molecule has 0 saturated carbocycles. The Hall–Kier alpha value is -3.08. The van der Waals surface area contributed by atoms with Gasteiger partial charge in [-0.1, -0.05) is 30.3 Å². The lowest BCUT2D eigenvalue weighted by Gasteiger charge is -2.33. The van der Waals surface area contributed by atoms with Crippen LogP contribution in [0.25, 0.3) is 11.1 Å². The molecule has 0 spiro atoms. The molecule has 0 unspecified atom stereocenters. The van der Waals surface area contributed by atoms with Crippen molar-refractivity contribution in [3.63, 3.8) is 0 Å². The number of hydrogen-bond donors (Lipinski definition) is 0. The number of aromatic nitrogens is 2. The first-order valence-corrected chi connectivity index (χ1v) is 9.73. The number of benzene rings is 2. The van der Waals surface area contributed by atoms with E-state index in [0.29, 0.717) is 5.92 Å². The quantitative estimate of drug-likeness (QED) is 0.674. The SMILES string of the molecule is COc1ccccc1-c1cccc(C(=O)N2CCC[C@@H](Cn3ccnc3)C2)c1. The number of methoxy groups -OCH3 is 1. The second-order valence-corrected chi connectivity index (χ2v) is 7.30. The van der Waals surface area contributed by atoms with Crippen LogP contribution in [-0.2, 0) is 6.54 Å². The van der Waals surface area contributed by atoms with Gasteiger partial charge < -0.3 is 14.2 Å². The van der Waals surface area contributed by atoms with Crippen molar-refractivity contribution in [1.82, 2.24) is 14.5 Å². The van der Waals surface area contributed by atoms with Gasteiger partial charge in [0, 0.05) is 43.2 Å². The number of amides is 1. The molecule has 0 N–H and O–H groups in total. The van der Waals surface area contributed by atoms with Crippen molar-refractivity contribution in [2.45, 2.75) is 19.4 Å². The van der Waals surface area contributed by atoms with Crippen LogP contribution in [0.5, 0.6) is 5.75 Å². The van der Waals surface area contributed by atoms with Crippen molar-refractivity contribution in [1.29, 1.82) is 0 Å². The van der Waals surface area contributed by atoms with Gasteiger partial charge in [0.15, 0.2) is 0 Å². The van der Waals surface area contributed by atoms with Gasteiger partial charge in [0.25, 0.3) is 5.91 Å². The molecule has 4 rings (SSSR count). The number of ether oxygens (including phenoxy) is 1. The number of piperidine rings is 1. The molecule has 0 bridgehead atoms. The Kier molecular flexibility index (Phi) is 5.42. The number of imidazole rings is 1. The molecule has 2 heterocycles. The topological polar surface area (TPSA) is 47.4 Å². The normalized spacial score (nSPS) is 16.8. The van der Waals surface area contributed by atoms with E-state index in [1.54, 1.807) is 13.3 Å². The van der Waals surface area contributed by atoms with Crippen LogP contribution >= 0.6 is 0 Å². The Morgan fingerprint density at radius 3 is 2.93 bits per heavy atom. The second kappa shape index (κ2) is 8.30. The van der Waals surface area contributed by atoms with Crippen molar-refractivity contribution < 1.29 is 9.53 Å². The molecule has 0 radical (unpaired) electrons. The van der Waals surface area contributed by atoms with Crippen molar-refractivity contribution in [2.24, 2.45) is 5.92 Å². The van der Waals surface area contributed by atoms with Gasteiger partial charge >= 0.3 is 0 Å². The summed E-state index contributed by atoms with van der Waals surface area (Å²) in [5, 5.41) is 0. The maximum atomic E-state index is 13.2. The Morgan fingerprint density at radius 1 is 1.21 bits per heavy atom. The van der Waals surface area contributed by atoms with E-state index in [4.69, 9.17) is 4.74 Å². The zero-order chi connectivity index (χ0) is 19.3. The summed E-state index contributed by atoms with van der Waals surface area (Å²) in [6.45, 7) is 2.51. The summed E-state index contributed by atoms with van der Waals surface area (Å²) in [7, 11) is 1.67. The number of carbonyl (C=O) groups excluding carboxylic acids is 1. The van der Waals surface area contributed by atoms with Gasteiger partial charge in [0.05, 0.1) is 13.4 Å². The minimum Gasteiger partial charge on any atom is -0.496 e. The molecule has 1 saturated heterocycles. The summed E-state index contributed by atoms with van der Waals surface area (Å²) in [5.74, 6) is 1.38. The van der Waals surface area contributed by atoms with Crippen LogP contribution in [0.4, 0.5) is 0 Å². The molecule has 1 amide bonds. The van der Waals surface area contributed by atoms with Crippen molar-refractivity contribution in [3.05, 3.63) is 72.8 Å². The molecule has 3 aromatic rings. The molecule has 0 aliphatic carbocycles. The highest BCUT2D eigenvalue weighted by molar-refractivity contribution is 5.95. The predicted molar refractivity (Wildman–Crippen MR) is 109 cm³/mol. The first-order chi connectivity index (χ1) is 13.7. The molecular formula is C23H25N3O2. The lowest BCUT2D eigenvalue weighted by molar-refractivity contribution is 0.0662. The number of rotatable bonds is 5. The number of para-hydroxylation sites is 1. The van der Waals surface area contributed by atoms with E-state index in [1.165, 1.54) is 0 Å².